The van der Waals surface area contributed by atoms with Crippen molar-refractivity contribution in [2.24, 2.45) is 5.92 Å². The molecule has 0 aromatic heterocycles. The van der Waals surface area contributed by atoms with Gasteiger partial charge in [-0.15, -0.1) is 0 Å². The molecule has 0 spiro atoms. The number of carbonyl (C=O) groups excluding carboxylic acids is 2. The zero-order chi connectivity index (χ0) is 18.2. The second kappa shape index (κ2) is 9.59. The van der Waals surface area contributed by atoms with Crippen LogP contribution in [0.25, 0.3) is 0 Å². The van der Waals surface area contributed by atoms with Crippen LogP contribution in [0, 0.1) is 5.92 Å². The number of amides is 2. The van der Waals surface area contributed by atoms with Crippen molar-refractivity contribution in [3.05, 3.63) is 35.4 Å². The van der Waals surface area contributed by atoms with E-state index in [0.29, 0.717) is 25.3 Å². The largest absolute Gasteiger partial charge is 0.349 e. The minimum absolute atomic E-state index is 0.0157. The molecule has 1 atom stereocenters. The number of benzene rings is 1. The Labute approximate surface area is 152 Å². The van der Waals surface area contributed by atoms with Gasteiger partial charge >= 0.3 is 0 Å². The Morgan fingerprint density at radius 2 is 1.96 bits per heavy atom. The van der Waals surface area contributed by atoms with E-state index < -0.39 is 0 Å². The summed E-state index contributed by atoms with van der Waals surface area (Å²) in [7, 11) is 0. The highest BCUT2D eigenvalue weighted by Crippen LogP contribution is 2.23. The van der Waals surface area contributed by atoms with Crippen LogP contribution in [0.5, 0.6) is 0 Å². The molecule has 138 valence electrons. The fourth-order valence-corrected chi connectivity index (χ4v) is 3.33. The quantitative estimate of drug-likeness (QED) is 0.739. The molecule has 4 nitrogen and oxygen atoms in total. The fraction of sp³-hybridized carbons (Fsp3) is 0.619. The molecular formula is C21H32N2O2. The Kier molecular flexibility index (Phi) is 7.48. The van der Waals surface area contributed by atoms with Gasteiger partial charge in [0.2, 0.25) is 11.8 Å². The van der Waals surface area contributed by atoms with Gasteiger partial charge in [0, 0.05) is 25.9 Å². The molecule has 1 aliphatic rings. The van der Waals surface area contributed by atoms with Crippen LogP contribution in [-0.2, 0) is 16.0 Å². The average Bonchev–Trinajstić information content (AvgIpc) is 3.01. The zero-order valence-corrected chi connectivity index (χ0v) is 15.9. The third-order valence-corrected chi connectivity index (χ3v) is 4.92. The fourth-order valence-electron chi connectivity index (χ4n) is 3.33. The van der Waals surface area contributed by atoms with Gasteiger partial charge in [0.15, 0.2) is 0 Å². The van der Waals surface area contributed by atoms with E-state index in [2.05, 4.69) is 50.4 Å². The number of hydrogen-bond donors (Lipinski definition) is 1. The predicted molar refractivity (Wildman–Crippen MR) is 101 cm³/mol. The number of aryl methyl sites for hydroxylation is 1. The first kappa shape index (κ1) is 19.5. The summed E-state index contributed by atoms with van der Waals surface area (Å²) in [5.41, 5.74) is 2.51. The Bertz CT molecular complexity index is 566. The van der Waals surface area contributed by atoms with Crippen LogP contribution in [0.1, 0.15) is 70.0 Å². The topological polar surface area (TPSA) is 49.4 Å². The van der Waals surface area contributed by atoms with Crippen molar-refractivity contribution in [3.63, 3.8) is 0 Å². The second-order valence-corrected chi connectivity index (χ2v) is 7.37. The van der Waals surface area contributed by atoms with Crippen molar-refractivity contribution in [2.75, 3.05) is 13.1 Å². The molecule has 0 aliphatic carbocycles. The van der Waals surface area contributed by atoms with E-state index in [1.54, 1.807) is 4.90 Å². The lowest BCUT2D eigenvalue weighted by Gasteiger charge is -2.24. The van der Waals surface area contributed by atoms with Crippen LogP contribution < -0.4 is 5.32 Å². The summed E-state index contributed by atoms with van der Waals surface area (Å²) in [5, 5.41) is 3.16. The maximum atomic E-state index is 12.4. The molecule has 1 fully saturated rings. The SMILES string of the molecule is CCCCc1ccc(C(NC(=O)CCN2CCCC2=O)C(C)C)cc1. The summed E-state index contributed by atoms with van der Waals surface area (Å²) in [5.74, 6) is 0.517. The number of hydrogen-bond acceptors (Lipinski definition) is 2. The van der Waals surface area contributed by atoms with Crippen LogP contribution in [0.4, 0.5) is 0 Å². The van der Waals surface area contributed by atoms with Gasteiger partial charge in [-0.3, -0.25) is 9.59 Å². The first-order valence-electron chi connectivity index (χ1n) is 9.67. The number of carbonyl (C=O) groups is 2. The lowest BCUT2D eigenvalue weighted by molar-refractivity contribution is -0.128. The van der Waals surface area contributed by atoms with Gasteiger partial charge in [0.1, 0.15) is 0 Å². The van der Waals surface area contributed by atoms with Crippen LogP contribution in [-0.4, -0.2) is 29.8 Å². The van der Waals surface area contributed by atoms with Crippen molar-refractivity contribution in [1.29, 1.82) is 0 Å². The summed E-state index contributed by atoms with van der Waals surface area (Å²) in [6, 6.07) is 8.65. The van der Waals surface area contributed by atoms with E-state index >= 15 is 0 Å². The molecule has 1 aromatic rings. The van der Waals surface area contributed by atoms with Crippen LogP contribution in [0.15, 0.2) is 24.3 Å². The third-order valence-electron chi connectivity index (χ3n) is 4.92. The van der Waals surface area contributed by atoms with Crippen LogP contribution in [0.2, 0.25) is 0 Å². The summed E-state index contributed by atoms with van der Waals surface area (Å²) in [4.78, 5) is 25.8. The van der Waals surface area contributed by atoms with Gasteiger partial charge in [0.05, 0.1) is 6.04 Å². The van der Waals surface area contributed by atoms with E-state index in [-0.39, 0.29) is 17.9 Å². The Morgan fingerprint density at radius 1 is 1.24 bits per heavy atom. The van der Waals surface area contributed by atoms with Crippen molar-refractivity contribution >= 4 is 11.8 Å². The van der Waals surface area contributed by atoms with E-state index in [1.165, 1.54) is 18.4 Å². The number of nitrogens with one attached hydrogen (secondary N) is 1. The smallest absolute Gasteiger partial charge is 0.222 e. The number of nitrogens with zero attached hydrogens (tertiary/aromatic N) is 1. The zero-order valence-electron chi connectivity index (χ0n) is 15.9. The molecule has 1 aromatic carbocycles. The molecule has 1 saturated heterocycles. The van der Waals surface area contributed by atoms with Crippen LogP contribution in [0.3, 0.4) is 0 Å². The molecule has 1 heterocycles. The maximum Gasteiger partial charge on any atom is 0.222 e. The van der Waals surface area contributed by atoms with E-state index in [9.17, 15) is 9.59 Å². The Balaban J connectivity index is 1.90. The highest BCUT2D eigenvalue weighted by Gasteiger charge is 2.22. The Hall–Kier alpha value is -1.84. The summed E-state index contributed by atoms with van der Waals surface area (Å²) >= 11 is 0. The van der Waals surface area contributed by atoms with Crippen molar-refractivity contribution < 1.29 is 9.59 Å². The van der Waals surface area contributed by atoms with E-state index in [1.807, 2.05) is 0 Å². The summed E-state index contributed by atoms with van der Waals surface area (Å²) in [6.07, 6.45) is 5.44. The van der Waals surface area contributed by atoms with Crippen molar-refractivity contribution in [2.45, 2.75) is 65.3 Å². The molecular weight excluding hydrogens is 312 g/mol. The number of unbranched alkanes of at least 4 members (excludes halogenated alkanes) is 1. The molecule has 4 heteroatoms. The summed E-state index contributed by atoms with van der Waals surface area (Å²) < 4.78 is 0. The van der Waals surface area contributed by atoms with Gasteiger partial charge in [-0.2, -0.15) is 0 Å². The first-order valence-corrected chi connectivity index (χ1v) is 9.67. The summed E-state index contributed by atoms with van der Waals surface area (Å²) in [6.45, 7) is 7.78. The molecule has 0 radical (unpaired) electrons. The van der Waals surface area contributed by atoms with Gasteiger partial charge < -0.3 is 10.2 Å². The standard InChI is InChI=1S/C21H32N2O2/c1-4-5-7-17-9-11-18(12-10-17)21(16(2)3)22-19(24)13-15-23-14-6-8-20(23)25/h9-12,16,21H,4-8,13-15H2,1-3H3,(H,22,24). The molecule has 1 aliphatic heterocycles. The minimum Gasteiger partial charge on any atom is -0.349 e. The first-order chi connectivity index (χ1) is 12.0. The average molecular weight is 344 g/mol. The molecule has 0 bridgehead atoms. The maximum absolute atomic E-state index is 12.4. The molecule has 1 N–H and O–H groups in total. The van der Waals surface area contributed by atoms with Crippen molar-refractivity contribution in [1.82, 2.24) is 10.2 Å². The lowest BCUT2D eigenvalue weighted by atomic mass is 9.94. The van der Waals surface area contributed by atoms with Crippen LogP contribution >= 0.6 is 0 Å². The number of likely N-dealkylation sites (tertiary alicyclic amines) is 1. The molecule has 0 saturated carbocycles. The lowest BCUT2D eigenvalue weighted by Crippen LogP contribution is -2.35. The third kappa shape index (κ3) is 5.87. The molecule has 25 heavy (non-hydrogen) atoms. The Morgan fingerprint density at radius 3 is 2.52 bits per heavy atom. The molecule has 1 unspecified atom stereocenters. The van der Waals surface area contributed by atoms with Crippen molar-refractivity contribution in [3.8, 4) is 0 Å². The highest BCUT2D eigenvalue weighted by atomic mass is 16.2. The van der Waals surface area contributed by atoms with E-state index in [0.717, 1.165) is 24.9 Å². The van der Waals surface area contributed by atoms with Gasteiger partial charge in [-0.25, -0.2) is 0 Å². The minimum atomic E-state index is 0.0157. The number of rotatable bonds is 9. The highest BCUT2D eigenvalue weighted by molar-refractivity contribution is 5.80. The normalized spacial score (nSPS) is 15.7. The van der Waals surface area contributed by atoms with E-state index in [4.69, 9.17) is 0 Å². The second-order valence-electron chi connectivity index (χ2n) is 7.37. The molecule has 2 amide bonds. The van der Waals surface area contributed by atoms with Gasteiger partial charge in [-0.05, 0) is 36.3 Å². The van der Waals surface area contributed by atoms with Gasteiger partial charge in [0.25, 0.3) is 0 Å². The van der Waals surface area contributed by atoms with Gasteiger partial charge in [-0.1, -0.05) is 51.5 Å². The monoisotopic (exact) mass is 344 g/mol. The molecule has 2 rings (SSSR count). The predicted octanol–water partition coefficient (Wildman–Crippen LogP) is 3.86.